The largest absolute Gasteiger partial charge is 0.492 e. The van der Waals surface area contributed by atoms with Crippen LogP contribution >= 0.6 is 24.0 Å². The van der Waals surface area contributed by atoms with Gasteiger partial charge in [-0.2, -0.15) is 0 Å². The molecule has 3 heterocycles. The molecule has 0 unspecified atom stereocenters. The first-order valence-electron chi connectivity index (χ1n) is 12.1. The first kappa shape index (κ1) is 25.0. The highest BCUT2D eigenvalue weighted by Crippen LogP contribution is 2.35. The van der Waals surface area contributed by atoms with Gasteiger partial charge in [0.05, 0.1) is 24.1 Å². The van der Waals surface area contributed by atoms with Crippen molar-refractivity contribution in [2.45, 2.75) is 33.0 Å². The molecule has 0 spiro atoms. The summed E-state index contributed by atoms with van der Waals surface area (Å²) in [6.45, 7) is 5.60. The molecule has 0 radical (unpaired) electrons. The Bertz CT molecular complexity index is 1450. The van der Waals surface area contributed by atoms with E-state index in [1.54, 1.807) is 17.3 Å². The second-order valence-corrected chi connectivity index (χ2v) is 10.6. The van der Waals surface area contributed by atoms with Crippen LogP contribution in [0.3, 0.4) is 0 Å². The van der Waals surface area contributed by atoms with Crippen molar-refractivity contribution in [3.05, 3.63) is 95.3 Å². The standard InChI is InChI=1S/C29H27N3O3S2/c1-20(2)35-24-11-9-23(10-12-24)34-15-14-31-19-22(25-7-3-4-8-26(25)31)16-27-28(33)32(29(36)37-27)18-21-6-5-13-30-17-21/h3-13,16-17,19-20H,14-15,18H2,1-2H3/b27-16-. The average Bonchev–Trinajstić information content (AvgIpc) is 3.37. The van der Waals surface area contributed by atoms with Crippen LogP contribution in [0.4, 0.5) is 0 Å². The summed E-state index contributed by atoms with van der Waals surface area (Å²) < 4.78 is 14.4. The van der Waals surface area contributed by atoms with Gasteiger partial charge in [0, 0.05) is 35.1 Å². The number of thioether (sulfide) groups is 1. The molecule has 1 saturated heterocycles. The Hall–Kier alpha value is -3.62. The summed E-state index contributed by atoms with van der Waals surface area (Å²) in [6, 6.07) is 19.7. The lowest BCUT2D eigenvalue weighted by Gasteiger charge is -2.13. The molecule has 1 aliphatic heterocycles. The third-order valence-electron chi connectivity index (χ3n) is 5.84. The molecule has 0 saturated carbocycles. The number of nitrogens with zero attached hydrogens (tertiary/aromatic N) is 3. The van der Waals surface area contributed by atoms with E-state index in [9.17, 15) is 4.79 Å². The number of pyridine rings is 1. The minimum Gasteiger partial charge on any atom is -0.492 e. The summed E-state index contributed by atoms with van der Waals surface area (Å²) in [5, 5.41) is 1.08. The van der Waals surface area contributed by atoms with E-state index in [4.69, 9.17) is 21.7 Å². The second kappa shape index (κ2) is 11.2. The molecule has 6 nitrogen and oxygen atoms in total. The highest BCUT2D eigenvalue weighted by molar-refractivity contribution is 8.26. The van der Waals surface area contributed by atoms with Crippen molar-refractivity contribution in [1.29, 1.82) is 0 Å². The first-order chi connectivity index (χ1) is 18.0. The number of thiocarbonyl (C=S) groups is 1. The topological polar surface area (TPSA) is 56.6 Å². The van der Waals surface area contributed by atoms with Crippen LogP contribution in [0.5, 0.6) is 11.5 Å². The van der Waals surface area contributed by atoms with Crippen LogP contribution in [0.1, 0.15) is 25.0 Å². The van der Waals surface area contributed by atoms with Crippen molar-refractivity contribution in [2.24, 2.45) is 0 Å². The molecule has 188 valence electrons. The van der Waals surface area contributed by atoms with E-state index in [0.29, 0.717) is 28.9 Å². The van der Waals surface area contributed by atoms with Gasteiger partial charge < -0.3 is 14.0 Å². The van der Waals surface area contributed by atoms with Gasteiger partial charge in [-0.25, -0.2) is 0 Å². The third kappa shape index (κ3) is 5.87. The summed E-state index contributed by atoms with van der Waals surface area (Å²) in [5.74, 6) is 1.54. The molecule has 0 bridgehead atoms. The molecular weight excluding hydrogens is 502 g/mol. The van der Waals surface area contributed by atoms with Crippen LogP contribution in [-0.2, 0) is 17.9 Å². The van der Waals surface area contributed by atoms with E-state index in [2.05, 4.69) is 27.9 Å². The van der Waals surface area contributed by atoms with Crippen molar-refractivity contribution in [1.82, 2.24) is 14.5 Å². The van der Waals surface area contributed by atoms with Gasteiger partial charge in [0.15, 0.2) is 0 Å². The highest BCUT2D eigenvalue weighted by atomic mass is 32.2. The predicted octanol–water partition coefficient (Wildman–Crippen LogP) is 6.30. The summed E-state index contributed by atoms with van der Waals surface area (Å²) >= 11 is 6.86. The number of para-hydroxylation sites is 1. The molecule has 8 heteroatoms. The van der Waals surface area contributed by atoms with Gasteiger partial charge in [-0.15, -0.1) is 0 Å². The van der Waals surface area contributed by atoms with Crippen molar-refractivity contribution >= 4 is 51.2 Å². The zero-order chi connectivity index (χ0) is 25.8. The molecule has 0 N–H and O–H groups in total. The Balaban J connectivity index is 1.30. The Labute approximate surface area is 225 Å². The second-order valence-electron chi connectivity index (χ2n) is 8.91. The molecule has 37 heavy (non-hydrogen) atoms. The Kier molecular flexibility index (Phi) is 7.58. The number of fused-ring (bicyclic) bond motifs is 1. The minimum absolute atomic E-state index is 0.0797. The van der Waals surface area contributed by atoms with Crippen LogP contribution in [-0.4, -0.2) is 37.4 Å². The maximum absolute atomic E-state index is 13.2. The molecule has 2 aromatic carbocycles. The number of aromatic nitrogens is 2. The Morgan fingerprint density at radius 2 is 1.84 bits per heavy atom. The molecule has 1 fully saturated rings. The van der Waals surface area contributed by atoms with E-state index in [0.717, 1.165) is 33.5 Å². The van der Waals surface area contributed by atoms with Crippen LogP contribution in [0, 0.1) is 0 Å². The van der Waals surface area contributed by atoms with E-state index in [-0.39, 0.29) is 12.0 Å². The maximum atomic E-state index is 13.2. The maximum Gasteiger partial charge on any atom is 0.266 e. The van der Waals surface area contributed by atoms with Gasteiger partial charge in [0.1, 0.15) is 22.4 Å². The minimum atomic E-state index is -0.0797. The van der Waals surface area contributed by atoms with Gasteiger partial charge in [-0.1, -0.05) is 48.2 Å². The number of hydrogen-bond acceptors (Lipinski definition) is 6. The Morgan fingerprint density at radius 3 is 2.59 bits per heavy atom. The van der Waals surface area contributed by atoms with Gasteiger partial charge in [0.2, 0.25) is 0 Å². The molecule has 2 aromatic heterocycles. The molecule has 0 atom stereocenters. The van der Waals surface area contributed by atoms with E-state index in [1.807, 2.05) is 68.5 Å². The van der Waals surface area contributed by atoms with Gasteiger partial charge in [-0.3, -0.25) is 14.7 Å². The molecule has 1 amide bonds. The summed E-state index contributed by atoms with van der Waals surface area (Å²) in [4.78, 5) is 19.6. The SMILES string of the molecule is CC(C)Oc1ccc(OCCn2cc(/C=C3\SC(=S)N(Cc4cccnc4)C3=O)c3ccccc32)cc1. The fraction of sp³-hybridized carbons (Fsp3) is 0.207. The molecule has 1 aliphatic rings. The van der Waals surface area contributed by atoms with Crippen molar-refractivity contribution < 1.29 is 14.3 Å². The lowest BCUT2D eigenvalue weighted by atomic mass is 10.1. The summed E-state index contributed by atoms with van der Waals surface area (Å²) in [5.41, 5.74) is 3.01. The number of rotatable bonds is 9. The van der Waals surface area contributed by atoms with E-state index < -0.39 is 0 Å². The highest BCUT2D eigenvalue weighted by Gasteiger charge is 2.32. The van der Waals surface area contributed by atoms with E-state index >= 15 is 0 Å². The number of carbonyl (C=O) groups is 1. The lowest BCUT2D eigenvalue weighted by molar-refractivity contribution is -0.122. The molecular formula is C29H27N3O3S2. The first-order valence-corrected chi connectivity index (χ1v) is 13.3. The molecule has 5 rings (SSSR count). The number of hydrogen-bond donors (Lipinski definition) is 0. The van der Waals surface area contributed by atoms with E-state index in [1.165, 1.54) is 11.8 Å². The molecule has 0 aliphatic carbocycles. The smallest absolute Gasteiger partial charge is 0.266 e. The predicted molar refractivity (Wildman–Crippen MR) is 153 cm³/mol. The number of amides is 1. The van der Waals surface area contributed by atoms with Gasteiger partial charge in [-0.05, 0) is 61.9 Å². The van der Waals surface area contributed by atoms with Crippen LogP contribution in [0.2, 0.25) is 0 Å². The zero-order valence-corrected chi connectivity index (χ0v) is 22.3. The zero-order valence-electron chi connectivity index (χ0n) is 20.7. The van der Waals surface area contributed by atoms with Crippen LogP contribution in [0.15, 0.2) is 84.2 Å². The number of carbonyl (C=O) groups excluding carboxylic acids is 1. The lowest BCUT2D eigenvalue weighted by Crippen LogP contribution is -2.27. The van der Waals surface area contributed by atoms with Crippen LogP contribution in [0.25, 0.3) is 17.0 Å². The average molecular weight is 530 g/mol. The van der Waals surface area contributed by atoms with Gasteiger partial charge in [0.25, 0.3) is 5.91 Å². The van der Waals surface area contributed by atoms with Crippen molar-refractivity contribution in [2.75, 3.05) is 6.61 Å². The fourth-order valence-corrected chi connectivity index (χ4v) is 5.42. The molecule has 4 aromatic rings. The monoisotopic (exact) mass is 529 g/mol. The normalized spacial score (nSPS) is 14.8. The summed E-state index contributed by atoms with van der Waals surface area (Å²) in [6.07, 6.45) is 7.62. The quantitative estimate of drug-likeness (QED) is 0.187. The number of ether oxygens (including phenoxy) is 2. The Morgan fingerprint density at radius 1 is 1.05 bits per heavy atom. The van der Waals surface area contributed by atoms with Crippen LogP contribution < -0.4 is 9.47 Å². The van der Waals surface area contributed by atoms with Crippen molar-refractivity contribution in [3.63, 3.8) is 0 Å². The third-order valence-corrected chi connectivity index (χ3v) is 7.22. The fourth-order valence-electron chi connectivity index (χ4n) is 4.18. The number of benzene rings is 2. The van der Waals surface area contributed by atoms with Crippen molar-refractivity contribution in [3.8, 4) is 11.5 Å². The van der Waals surface area contributed by atoms with Gasteiger partial charge >= 0.3 is 0 Å². The summed E-state index contributed by atoms with van der Waals surface area (Å²) in [7, 11) is 0.